The lowest BCUT2D eigenvalue weighted by Crippen LogP contribution is -2.12. The second-order valence-corrected chi connectivity index (χ2v) is 9.80. The molecular formula is C19H29NO8S2. The standard InChI is InChI=1S/C19H29NO8S2/c1-30(26,27)14-13-29-19(18(14)28-12-8-11-17(24)25)20-15(21)9-6-4-2-3-5-7-10-16(22)23/h13H,2-12H2,1H3,(H,20,21)(H,22,23)(H,24,25). The number of carboxylic acids is 2. The van der Waals surface area contributed by atoms with Crippen LogP contribution in [0.5, 0.6) is 5.75 Å². The van der Waals surface area contributed by atoms with Crippen LogP contribution in [0.25, 0.3) is 0 Å². The fourth-order valence-electron chi connectivity index (χ4n) is 2.67. The first-order valence-electron chi connectivity index (χ1n) is 9.79. The number of carbonyl (C=O) groups excluding carboxylic acids is 1. The van der Waals surface area contributed by atoms with Crippen molar-refractivity contribution in [3.63, 3.8) is 0 Å². The minimum Gasteiger partial charge on any atom is -0.489 e. The topological polar surface area (TPSA) is 147 Å². The van der Waals surface area contributed by atoms with E-state index in [0.29, 0.717) is 17.8 Å². The highest BCUT2D eigenvalue weighted by Crippen LogP contribution is 2.39. The molecule has 1 aromatic heterocycles. The van der Waals surface area contributed by atoms with E-state index in [-0.39, 0.29) is 48.8 Å². The van der Waals surface area contributed by atoms with E-state index in [0.717, 1.165) is 43.3 Å². The van der Waals surface area contributed by atoms with E-state index < -0.39 is 21.8 Å². The van der Waals surface area contributed by atoms with Crippen molar-refractivity contribution >= 4 is 44.0 Å². The van der Waals surface area contributed by atoms with Crippen molar-refractivity contribution in [2.45, 2.75) is 69.1 Å². The van der Waals surface area contributed by atoms with Crippen LogP contribution in [0.15, 0.2) is 10.3 Å². The summed E-state index contributed by atoms with van der Waals surface area (Å²) in [5.41, 5.74) is 0. The Hall–Kier alpha value is -2.14. The molecule has 3 N–H and O–H groups in total. The van der Waals surface area contributed by atoms with Gasteiger partial charge in [0.25, 0.3) is 0 Å². The van der Waals surface area contributed by atoms with Gasteiger partial charge in [0.2, 0.25) is 5.91 Å². The molecule has 0 spiro atoms. The highest BCUT2D eigenvalue weighted by atomic mass is 32.2. The molecule has 170 valence electrons. The van der Waals surface area contributed by atoms with Crippen LogP contribution in [0.2, 0.25) is 0 Å². The molecule has 0 aliphatic heterocycles. The summed E-state index contributed by atoms with van der Waals surface area (Å²) in [6.45, 7) is 0.0241. The third-order valence-corrected chi connectivity index (χ3v) is 6.32. The molecule has 30 heavy (non-hydrogen) atoms. The van der Waals surface area contributed by atoms with E-state index in [1.54, 1.807) is 0 Å². The van der Waals surface area contributed by atoms with Crippen LogP contribution in [0.4, 0.5) is 5.00 Å². The molecule has 9 nitrogen and oxygen atoms in total. The Labute approximate surface area is 180 Å². The Balaban J connectivity index is 2.48. The highest BCUT2D eigenvalue weighted by Gasteiger charge is 2.22. The molecule has 0 aromatic carbocycles. The van der Waals surface area contributed by atoms with Gasteiger partial charge in [-0.1, -0.05) is 25.7 Å². The zero-order chi connectivity index (χ0) is 22.6. The van der Waals surface area contributed by atoms with E-state index >= 15 is 0 Å². The summed E-state index contributed by atoms with van der Waals surface area (Å²) in [6.07, 6.45) is 6.48. The van der Waals surface area contributed by atoms with Gasteiger partial charge in [0.05, 0.1) is 6.61 Å². The average molecular weight is 464 g/mol. The number of ether oxygens (including phenoxy) is 1. The molecule has 0 bridgehead atoms. The molecule has 0 unspecified atom stereocenters. The maximum absolute atomic E-state index is 12.2. The number of hydrogen-bond acceptors (Lipinski definition) is 7. The van der Waals surface area contributed by atoms with E-state index in [9.17, 15) is 22.8 Å². The van der Waals surface area contributed by atoms with Crippen molar-refractivity contribution in [3.8, 4) is 5.75 Å². The Morgan fingerprint density at radius 2 is 1.47 bits per heavy atom. The SMILES string of the molecule is CS(=O)(=O)c1csc(NC(=O)CCCCCCCCC(=O)O)c1OCCCC(=O)O. The molecule has 1 amide bonds. The van der Waals surface area contributed by atoms with Gasteiger partial charge in [0.1, 0.15) is 9.90 Å². The Morgan fingerprint density at radius 1 is 0.933 bits per heavy atom. The fourth-order valence-corrected chi connectivity index (χ4v) is 4.85. The number of aliphatic carboxylic acids is 2. The molecule has 0 aliphatic rings. The van der Waals surface area contributed by atoms with E-state index in [1.807, 2.05) is 0 Å². The molecule has 0 aliphatic carbocycles. The molecule has 1 rings (SSSR count). The van der Waals surface area contributed by atoms with Crippen molar-refractivity contribution in [3.05, 3.63) is 5.38 Å². The van der Waals surface area contributed by atoms with Crippen LogP contribution >= 0.6 is 11.3 Å². The minimum atomic E-state index is -3.56. The molecule has 1 heterocycles. The highest BCUT2D eigenvalue weighted by molar-refractivity contribution is 7.91. The lowest BCUT2D eigenvalue weighted by Gasteiger charge is -2.10. The second kappa shape index (κ2) is 13.2. The molecule has 0 saturated heterocycles. The maximum atomic E-state index is 12.2. The molecule has 11 heteroatoms. The first-order valence-corrected chi connectivity index (χ1v) is 12.6. The minimum absolute atomic E-state index is 0.0241. The predicted molar refractivity (Wildman–Crippen MR) is 113 cm³/mol. The van der Waals surface area contributed by atoms with Gasteiger partial charge in [-0.15, -0.1) is 11.3 Å². The van der Waals surface area contributed by atoms with Gasteiger partial charge in [0, 0.05) is 30.9 Å². The van der Waals surface area contributed by atoms with Gasteiger partial charge >= 0.3 is 11.9 Å². The molecule has 0 fully saturated rings. The summed E-state index contributed by atoms with van der Waals surface area (Å²) in [7, 11) is -3.56. The normalized spacial score (nSPS) is 11.2. The van der Waals surface area contributed by atoms with Gasteiger partial charge in [0.15, 0.2) is 15.6 Å². The number of amides is 1. The third kappa shape index (κ3) is 10.6. The van der Waals surface area contributed by atoms with Gasteiger partial charge in [-0.05, 0) is 19.3 Å². The van der Waals surface area contributed by atoms with E-state index in [2.05, 4.69) is 5.32 Å². The number of unbranched alkanes of at least 4 members (excludes halogenated alkanes) is 5. The summed E-state index contributed by atoms with van der Waals surface area (Å²) in [5, 5.41) is 21.6. The summed E-state index contributed by atoms with van der Waals surface area (Å²) in [6, 6.07) is 0. The lowest BCUT2D eigenvalue weighted by atomic mass is 10.1. The zero-order valence-electron chi connectivity index (χ0n) is 17.0. The van der Waals surface area contributed by atoms with Crippen molar-refractivity contribution in [1.82, 2.24) is 0 Å². The number of carbonyl (C=O) groups is 3. The maximum Gasteiger partial charge on any atom is 0.303 e. The van der Waals surface area contributed by atoms with Crippen LogP contribution in [-0.4, -0.2) is 49.3 Å². The van der Waals surface area contributed by atoms with Gasteiger partial charge in [-0.25, -0.2) is 8.42 Å². The summed E-state index contributed by atoms with van der Waals surface area (Å²) < 4.78 is 29.4. The van der Waals surface area contributed by atoms with Crippen LogP contribution in [0.1, 0.15) is 64.2 Å². The van der Waals surface area contributed by atoms with Crippen LogP contribution in [-0.2, 0) is 24.2 Å². The average Bonchev–Trinajstić information content (AvgIpc) is 3.03. The van der Waals surface area contributed by atoms with Gasteiger partial charge in [-0.2, -0.15) is 0 Å². The van der Waals surface area contributed by atoms with Gasteiger partial charge < -0.3 is 20.3 Å². The smallest absolute Gasteiger partial charge is 0.303 e. The van der Waals surface area contributed by atoms with Gasteiger partial charge in [-0.3, -0.25) is 14.4 Å². The number of sulfone groups is 1. The van der Waals surface area contributed by atoms with Crippen molar-refractivity contribution < 1.29 is 37.8 Å². The largest absolute Gasteiger partial charge is 0.489 e. The van der Waals surface area contributed by atoms with Crippen LogP contribution in [0.3, 0.4) is 0 Å². The number of rotatable bonds is 16. The first kappa shape index (κ1) is 25.9. The first-order chi connectivity index (χ1) is 14.1. The number of carboxylic acid groups (broad SMARTS) is 2. The quantitative estimate of drug-likeness (QED) is 0.315. The molecule has 0 atom stereocenters. The Morgan fingerprint density at radius 3 is 2.03 bits per heavy atom. The van der Waals surface area contributed by atoms with Crippen molar-refractivity contribution in [2.24, 2.45) is 0 Å². The monoisotopic (exact) mass is 463 g/mol. The van der Waals surface area contributed by atoms with Crippen molar-refractivity contribution in [1.29, 1.82) is 0 Å². The number of anilines is 1. The van der Waals surface area contributed by atoms with Crippen LogP contribution in [0, 0.1) is 0 Å². The molecule has 1 aromatic rings. The third-order valence-electron chi connectivity index (χ3n) is 4.19. The second-order valence-electron chi connectivity index (χ2n) is 6.94. The van der Waals surface area contributed by atoms with Crippen molar-refractivity contribution in [2.75, 3.05) is 18.2 Å². The van der Waals surface area contributed by atoms with Crippen LogP contribution < -0.4 is 10.1 Å². The van der Waals surface area contributed by atoms with E-state index in [4.69, 9.17) is 14.9 Å². The summed E-state index contributed by atoms with van der Waals surface area (Å²) >= 11 is 1.05. The Kier molecular flexibility index (Phi) is 11.4. The number of hydrogen-bond donors (Lipinski definition) is 3. The number of nitrogens with one attached hydrogen (secondary N) is 1. The molecular weight excluding hydrogens is 434 g/mol. The molecule has 0 saturated carbocycles. The lowest BCUT2D eigenvalue weighted by molar-refractivity contribution is -0.138. The fraction of sp³-hybridized carbons (Fsp3) is 0.632. The molecule has 0 radical (unpaired) electrons. The number of thiophene rings is 1. The summed E-state index contributed by atoms with van der Waals surface area (Å²) in [4.78, 5) is 33.2. The Bertz CT molecular complexity index is 817. The predicted octanol–water partition coefficient (Wildman–Crippen LogP) is 3.54. The summed E-state index contributed by atoms with van der Waals surface area (Å²) in [5.74, 6) is -1.95. The van der Waals surface area contributed by atoms with E-state index in [1.165, 1.54) is 5.38 Å². The zero-order valence-corrected chi connectivity index (χ0v) is 18.6.